The molecule has 0 saturated heterocycles. The molecule has 92 valence electrons. The smallest absolute Gasteiger partial charge is 0.271 e. The summed E-state index contributed by atoms with van der Waals surface area (Å²) in [6, 6.07) is 7.06. The minimum absolute atomic E-state index is 0.0173. The number of primary amides is 1. The minimum Gasteiger partial charge on any atom is -0.455 e. The number of benzene rings is 1. The van der Waals surface area contributed by atoms with Crippen LogP contribution in [0.3, 0.4) is 0 Å². The molecule has 6 heteroatoms. The predicted octanol–water partition coefficient (Wildman–Crippen LogP) is 1.69. The Labute approximate surface area is 102 Å². The molecule has 0 aliphatic heterocycles. The summed E-state index contributed by atoms with van der Waals surface area (Å²) in [6.07, 6.45) is 1.41. The first-order valence-corrected chi connectivity index (χ1v) is 5.05. The van der Waals surface area contributed by atoms with Gasteiger partial charge in [0.15, 0.2) is 11.4 Å². The van der Waals surface area contributed by atoms with E-state index in [1.54, 1.807) is 6.07 Å². The first-order valence-electron chi connectivity index (χ1n) is 5.05. The molecule has 0 aliphatic carbocycles. The number of ether oxygens (including phenoxy) is 1. The zero-order valence-electron chi connectivity index (χ0n) is 9.26. The van der Waals surface area contributed by atoms with Crippen LogP contribution in [0.15, 0.2) is 36.5 Å². The number of carbonyl (C=O) groups excluding carboxylic acids is 1. The van der Waals surface area contributed by atoms with Crippen LogP contribution in [0.25, 0.3) is 0 Å². The van der Waals surface area contributed by atoms with Crippen molar-refractivity contribution in [3.63, 3.8) is 0 Å². The van der Waals surface area contributed by atoms with Crippen LogP contribution in [-0.4, -0.2) is 10.9 Å². The molecule has 0 fully saturated rings. The third kappa shape index (κ3) is 2.37. The SMILES string of the molecule is NC(=O)c1ncccc1Oc1ccc(N)c(F)c1. The van der Waals surface area contributed by atoms with Crippen LogP contribution in [0.5, 0.6) is 11.5 Å². The molecular weight excluding hydrogens is 237 g/mol. The number of rotatable bonds is 3. The lowest BCUT2D eigenvalue weighted by atomic mass is 10.3. The van der Waals surface area contributed by atoms with Crippen LogP contribution >= 0.6 is 0 Å². The number of nitrogens with zero attached hydrogens (tertiary/aromatic N) is 1. The third-order valence-corrected chi connectivity index (χ3v) is 2.20. The molecule has 1 aromatic carbocycles. The Morgan fingerprint density at radius 3 is 2.78 bits per heavy atom. The number of halogens is 1. The predicted molar refractivity (Wildman–Crippen MR) is 63.6 cm³/mol. The molecule has 0 spiro atoms. The second-order valence-corrected chi connectivity index (χ2v) is 3.50. The topological polar surface area (TPSA) is 91.2 Å². The standard InChI is InChI=1S/C12H10FN3O2/c13-8-6-7(3-4-9(8)14)18-10-2-1-5-16-11(10)12(15)17/h1-6H,14H2,(H2,15,17). The maximum Gasteiger partial charge on any atom is 0.271 e. The first-order chi connectivity index (χ1) is 8.58. The van der Waals surface area contributed by atoms with Crippen molar-refractivity contribution in [2.75, 3.05) is 5.73 Å². The highest BCUT2D eigenvalue weighted by Crippen LogP contribution is 2.25. The van der Waals surface area contributed by atoms with Gasteiger partial charge >= 0.3 is 0 Å². The highest BCUT2D eigenvalue weighted by Gasteiger charge is 2.11. The van der Waals surface area contributed by atoms with Crippen molar-refractivity contribution < 1.29 is 13.9 Å². The van der Waals surface area contributed by atoms with E-state index < -0.39 is 11.7 Å². The van der Waals surface area contributed by atoms with E-state index >= 15 is 0 Å². The fraction of sp³-hybridized carbons (Fsp3) is 0. The Morgan fingerprint density at radius 2 is 2.11 bits per heavy atom. The normalized spacial score (nSPS) is 10.1. The van der Waals surface area contributed by atoms with Gasteiger partial charge in [0.2, 0.25) is 0 Å². The summed E-state index contributed by atoms with van der Waals surface area (Å²) in [6.45, 7) is 0. The molecule has 0 aliphatic rings. The van der Waals surface area contributed by atoms with E-state index in [9.17, 15) is 9.18 Å². The fourth-order valence-corrected chi connectivity index (χ4v) is 1.36. The third-order valence-electron chi connectivity index (χ3n) is 2.20. The van der Waals surface area contributed by atoms with Gasteiger partial charge in [0.05, 0.1) is 5.69 Å². The lowest BCUT2D eigenvalue weighted by molar-refractivity contribution is 0.0993. The lowest BCUT2D eigenvalue weighted by Gasteiger charge is -2.08. The Kier molecular flexibility index (Phi) is 3.09. The maximum absolute atomic E-state index is 13.2. The monoisotopic (exact) mass is 247 g/mol. The van der Waals surface area contributed by atoms with E-state index in [1.807, 2.05) is 0 Å². The molecule has 0 bridgehead atoms. The van der Waals surface area contributed by atoms with Gasteiger partial charge in [-0.1, -0.05) is 0 Å². The summed E-state index contributed by atoms with van der Waals surface area (Å²) in [5.41, 5.74) is 10.5. The summed E-state index contributed by atoms with van der Waals surface area (Å²) in [5, 5.41) is 0. The summed E-state index contributed by atoms with van der Waals surface area (Å²) < 4.78 is 18.6. The number of pyridine rings is 1. The molecular formula is C12H10FN3O2. The largest absolute Gasteiger partial charge is 0.455 e. The number of hydrogen-bond acceptors (Lipinski definition) is 4. The molecule has 4 N–H and O–H groups in total. The number of nitrogen functional groups attached to an aromatic ring is 1. The Morgan fingerprint density at radius 1 is 1.33 bits per heavy atom. The molecule has 0 saturated carbocycles. The van der Waals surface area contributed by atoms with Gasteiger partial charge < -0.3 is 16.2 Å². The maximum atomic E-state index is 13.2. The van der Waals surface area contributed by atoms with E-state index in [1.165, 1.54) is 24.4 Å². The Bertz CT molecular complexity index is 602. The van der Waals surface area contributed by atoms with Crippen molar-refractivity contribution in [3.8, 4) is 11.5 Å². The van der Waals surface area contributed by atoms with Gasteiger partial charge in [0, 0.05) is 12.3 Å². The summed E-state index contributed by atoms with van der Waals surface area (Å²) >= 11 is 0. The van der Waals surface area contributed by atoms with E-state index in [0.717, 1.165) is 6.07 Å². The van der Waals surface area contributed by atoms with Crippen molar-refractivity contribution in [3.05, 3.63) is 48.0 Å². The van der Waals surface area contributed by atoms with E-state index in [-0.39, 0.29) is 22.9 Å². The van der Waals surface area contributed by atoms with Crippen molar-refractivity contribution in [1.82, 2.24) is 4.98 Å². The van der Waals surface area contributed by atoms with Gasteiger partial charge in [-0.15, -0.1) is 0 Å². The Hall–Kier alpha value is -2.63. The average molecular weight is 247 g/mol. The van der Waals surface area contributed by atoms with Crippen LogP contribution in [0, 0.1) is 5.82 Å². The van der Waals surface area contributed by atoms with Crippen LogP contribution in [0.2, 0.25) is 0 Å². The quantitative estimate of drug-likeness (QED) is 0.807. The second-order valence-electron chi connectivity index (χ2n) is 3.50. The molecule has 5 nitrogen and oxygen atoms in total. The van der Waals surface area contributed by atoms with Gasteiger partial charge in [-0.05, 0) is 24.3 Å². The molecule has 0 radical (unpaired) electrons. The average Bonchev–Trinajstić information content (AvgIpc) is 2.34. The zero-order valence-corrected chi connectivity index (χ0v) is 9.26. The highest BCUT2D eigenvalue weighted by molar-refractivity contribution is 5.93. The summed E-state index contributed by atoms with van der Waals surface area (Å²) in [4.78, 5) is 14.9. The van der Waals surface area contributed by atoms with Crippen LogP contribution < -0.4 is 16.2 Å². The van der Waals surface area contributed by atoms with Gasteiger partial charge in [-0.25, -0.2) is 9.37 Å². The number of nitrogens with two attached hydrogens (primary N) is 2. The summed E-state index contributed by atoms with van der Waals surface area (Å²) in [5.74, 6) is -0.954. The van der Waals surface area contributed by atoms with Crippen molar-refractivity contribution in [2.24, 2.45) is 5.73 Å². The molecule has 2 rings (SSSR count). The first kappa shape index (κ1) is 11.8. The molecule has 1 heterocycles. The Balaban J connectivity index is 2.34. The van der Waals surface area contributed by atoms with E-state index in [0.29, 0.717) is 0 Å². The second kappa shape index (κ2) is 4.70. The van der Waals surface area contributed by atoms with Gasteiger partial charge in [-0.3, -0.25) is 4.79 Å². The zero-order chi connectivity index (χ0) is 13.1. The number of hydrogen-bond donors (Lipinski definition) is 2. The van der Waals surface area contributed by atoms with Gasteiger partial charge in [0.1, 0.15) is 11.6 Å². The lowest BCUT2D eigenvalue weighted by Crippen LogP contribution is -2.14. The van der Waals surface area contributed by atoms with E-state index in [4.69, 9.17) is 16.2 Å². The molecule has 1 amide bonds. The minimum atomic E-state index is -0.721. The molecule has 2 aromatic rings. The number of anilines is 1. The number of amides is 1. The van der Waals surface area contributed by atoms with Crippen LogP contribution in [0.1, 0.15) is 10.5 Å². The molecule has 18 heavy (non-hydrogen) atoms. The molecule has 1 aromatic heterocycles. The molecule has 0 unspecified atom stereocenters. The van der Waals surface area contributed by atoms with Gasteiger partial charge in [-0.2, -0.15) is 0 Å². The van der Waals surface area contributed by atoms with Crippen LogP contribution in [0.4, 0.5) is 10.1 Å². The van der Waals surface area contributed by atoms with Gasteiger partial charge in [0.25, 0.3) is 5.91 Å². The summed E-state index contributed by atoms with van der Waals surface area (Å²) in [7, 11) is 0. The number of carbonyl (C=O) groups is 1. The van der Waals surface area contributed by atoms with Crippen molar-refractivity contribution in [2.45, 2.75) is 0 Å². The highest BCUT2D eigenvalue weighted by atomic mass is 19.1. The fourth-order valence-electron chi connectivity index (χ4n) is 1.36. The van der Waals surface area contributed by atoms with Crippen molar-refractivity contribution >= 4 is 11.6 Å². The molecule has 0 atom stereocenters. The van der Waals surface area contributed by atoms with Crippen LogP contribution in [-0.2, 0) is 0 Å². The van der Waals surface area contributed by atoms with Crippen molar-refractivity contribution in [1.29, 1.82) is 0 Å². The van der Waals surface area contributed by atoms with E-state index in [2.05, 4.69) is 4.98 Å². The number of aromatic nitrogens is 1.